The smallest absolute Gasteiger partial charge is 0.356 e. The van der Waals surface area contributed by atoms with E-state index in [2.05, 4.69) is 10.00 Å². The molecule has 0 atom stereocenters. The van der Waals surface area contributed by atoms with E-state index in [1.807, 2.05) is 0 Å². The van der Waals surface area contributed by atoms with Gasteiger partial charge in [-0.25, -0.2) is 4.79 Å². The lowest BCUT2D eigenvalue weighted by atomic mass is 10.2. The van der Waals surface area contributed by atoms with Gasteiger partial charge in [0.15, 0.2) is 5.69 Å². The van der Waals surface area contributed by atoms with Crippen molar-refractivity contribution in [3.8, 4) is 0 Å². The second-order valence-electron chi connectivity index (χ2n) is 3.46. The molecule has 0 spiro atoms. The zero-order valence-corrected chi connectivity index (χ0v) is 7.89. The van der Waals surface area contributed by atoms with Gasteiger partial charge < -0.3 is 10.0 Å². The van der Waals surface area contributed by atoms with Crippen LogP contribution in [-0.2, 0) is 6.54 Å². The van der Waals surface area contributed by atoms with Crippen molar-refractivity contribution >= 4 is 5.97 Å². The number of aromatic carboxylic acids is 1. The Morgan fingerprint density at radius 1 is 1.50 bits per heavy atom. The van der Waals surface area contributed by atoms with Crippen LogP contribution in [0.3, 0.4) is 0 Å². The van der Waals surface area contributed by atoms with Crippen LogP contribution in [0.1, 0.15) is 16.9 Å². The molecule has 1 aromatic heterocycles. The molecule has 1 aliphatic heterocycles. The summed E-state index contributed by atoms with van der Waals surface area (Å²) in [5, 5.41) is 12.6. The predicted molar refractivity (Wildman–Crippen MR) is 50.2 cm³/mol. The number of aromatic nitrogens is 2. The van der Waals surface area contributed by atoms with E-state index < -0.39 is 5.97 Å². The Morgan fingerprint density at radius 2 is 2.29 bits per heavy atom. The number of hydrogen-bond acceptors (Lipinski definition) is 3. The highest BCUT2D eigenvalue weighted by Crippen LogP contribution is 2.05. The zero-order chi connectivity index (χ0) is 9.97. The SMILES string of the molecule is O=C(O)c1ccn(CCN2CCC2)n1. The molecular weight excluding hydrogens is 182 g/mol. The largest absolute Gasteiger partial charge is 0.476 e. The molecule has 0 bridgehead atoms. The van der Waals surface area contributed by atoms with Gasteiger partial charge in [-0.15, -0.1) is 0 Å². The quantitative estimate of drug-likeness (QED) is 0.750. The van der Waals surface area contributed by atoms with Crippen molar-refractivity contribution in [2.45, 2.75) is 13.0 Å². The molecule has 0 saturated carbocycles. The third-order valence-electron chi connectivity index (χ3n) is 2.45. The molecule has 0 unspecified atom stereocenters. The molecule has 0 aromatic carbocycles. The monoisotopic (exact) mass is 195 g/mol. The van der Waals surface area contributed by atoms with Gasteiger partial charge >= 0.3 is 5.97 Å². The van der Waals surface area contributed by atoms with E-state index in [9.17, 15) is 4.79 Å². The normalized spacial score (nSPS) is 16.6. The molecular formula is C9H13N3O2. The van der Waals surface area contributed by atoms with E-state index in [1.54, 1.807) is 10.9 Å². The average Bonchev–Trinajstić information content (AvgIpc) is 2.50. The Hall–Kier alpha value is -1.36. The first-order valence-electron chi connectivity index (χ1n) is 4.75. The van der Waals surface area contributed by atoms with Crippen LogP contribution >= 0.6 is 0 Å². The van der Waals surface area contributed by atoms with Crippen LogP contribution in [0.15, 0.2) is 12.3 Å². The lowest BCUT2D eigenvalue weighted by Crippen LogP contribution is -2.39. The van der Waals surface area contributed by atoms with Gasteiger partial charge in [0.05, 0.1) is 6.54 Å². The molecule has 1 aliphatic rings. The summed E-state index contributed by atoms with van der Waals surface area (Å²) >= 11 is 0. The van der Waals surface area contributed by atoms with Crippen LogP contribution in [0, 0.1) is 0 Å². The number of carboxylic acid groups (broad SMARTS) is 1. The minimum absolute atomic E-state index is 0.119. The maximum absolute atomic E-state index is 10.5. The molecule has 14 heavy (non-hydrogen) atoms. The summed E-state index contributed by atoms with van der Waals surface area (Å²) in [5.74, 6) is -0.965. The van der Waals surface area contributed by atoms with Gasteiger partial charge in [-0.1, -0.05) is 0 Å². The molecule has 0 aliphatic carbocycles. The third-order valence-corrected chi connectivity index (χ3v) is 2.45. The summed E-state index contributed by atoms with van der Waals surface area (Å²) in [6.07, 6.45) is 2.99. The molecule has 76 valence electrons. The molecule has 0 radical (unpaired) electrons. The molecule has 2 heterocycles. The number of likely N-dealkylation sites (tertiary alicyclic amines) is 1. The third kappa shape index (κ3) is 1.93. The molecule has 5 nitrogen and oxygen atoms in total. The summed E-state index contributed by atoms with van der Waals surface area (Å²) in [7, 11) is 0. The van der Waals surface area contributed by atoms with Gasteiger partial charge in [-0.05, 0) is 25.6 Å². The van der Waals surface area contributed by atoms with Crippen molar-refractivity contribution < 1.29 is 9.90 Å². The van der Waals surface area contributed by atoms with Gasteiger partial charge in [0.1, 0.15) is 0 Å². The predicted octanol–water partition coefficient (Wildman–Crippen LogP) is 0.287. The summed E-state index contributed by atoms with van der Waals surface area (Å²) in [6, 6.07) is 1.53. The first-order chi connectivity index (χ1) is 6.75. The van der Waals surface area contributed by atoms with Crippen LogP contribution in [-0.4, -0.2) is 45.4 Å². The highest BCUT2D eigenvalue weighted by molar-refractivity contribution is 5.84. The second-order valence-corrected chi connectivity index (χ2v) is 3.46. The van der Waals surface area contributed by atoms with Crippen molar-refractivity contribution in [2.24, 2.45) is 0 Å². The number of hydrogen-bond donors (Lipinski definition) is 1. The molecule has 2 rings (SSSR count). The fourth-order valence-corrected chi connectivity index (χ4v) is 1.45. The zero-order valence-electron chi connectivity index (χ0n) is 7.89. The van der Waals surface area contributed by atoms with E-state index in [0.717, 1.165) is 26.2 Å². The van der Waals surface area contributed by atoms with Crippen LogP contribution in [0.25, 0.3) is 0 Å². The molecule has 5 heteroatoms. The summed E-state index contributed by atoms with van der Waals surface area (Å²) in [5.41, 5.74) is 0.119. The van der Waals surface area contributed by atoms with Crippen LogP contribution < -0.4 is 0 Å². The Morgan fingerprint density at radius 3 is 2.79 bits per heavy atom. The van der Waals surface area contributed by atoms with Crippen LogP contribution in [0.5, 0.6) is 0 Å². The first-order valence-corrected chi connectivity index (χ1v) is 4.75. The van der Waals surface area contributed by atoms with Crippen molar-refractivity contribution in [3.05, 3.63) is 18.0 Å². The van der Waals surface area contributed by atoms with Gasteiger partial charge in [-0.2, -0.15) is 5.10 Å². The lowest BCUT2D eigenvalue weighted by Gasteiger charge is -2.30. The molecule has 1 N–H and O–H groups in total. The highest BCUT2D eigenvalue weighted by Gasteiger charge is 2.13. The summed E-state index contributed by atoms with van der Waals surface area (Å²) in [6.45, 7) is 4.05. The fraction of sp³-hybridized carbons (Fsp3) is 0.556. The molecule has 1 aromatic rings. The maximum Gasteiger partial charge on any atom is 0.356 e. The number of rotatable bonds is 4. The standard InChI is InChI=1S/C9H13N3O2/c13-9(14)8-2-5-12(10-8)7-6-11-3-1-4-11/h2,5H,1,3-4,6-7H2,(H,13,14). The minimum Gasteiger partial charge on any atom is -0.476 e. The first kappa shape index (κ1) is 9.21. The van der Waals surface area contributed by atoms with Crippen LogP contribution in [0.2, 0.25) is 0 Å². The highest BCUT2D eigenvalue weighted by atomic mass is 16.4. The van der Waals surface area contributed by atoms with Gasteiger partial charge in [0.25, 0.3) is 0 Å². The fourth-order valence-electron chi connectivity index (χ4n) is 1.45. The van der Waals surface area contributed by atoms with E-state index in [1.165, 1.54) is 12.5 Å². The lowest BCUT2D eigenvalue weighted by molar-refractivity contribution is 0.0689. The molecule has 1 saturated heterocycles. The van der Waals surface area contributed by atoms with Crippen molar-refractivity contribution in [3.63, 3.8) is 0 Å². The number of nitrogens with zero attached hydrogens (tertiary/aromatic N) is 3. The molecule has 1 fully saturated rings. The number of carboxylic acids is 1. The Kier molecular flexibility index (Phi) is 2.49. The Bertz CT molecular complexity index is 331. The van der Waals surface area contributed by atoms with Crippen molar-refractivity contribution in [1.29, 1.82) is 0 Å². The Labute approximate surface area is 81.9 Å². The molecule has 0 amide bonds. The number of carbonyl (C=O) groups is 1. The second kappa shape index (κ2) is 3.79. The van der Waals surface area contributed by atoms with E-state index in [0.29, 0.717) is 0 Å². The van der Waals surface area contributed by atoms with Crippen molar-refractivity contribution in [1.82, 2.24) is 14.7 Å². The average molecular weight is 195 g/mol. The summed E-state index contributed by atoms with van der Waals surface area (Å²) in [4.78, 5) is 12.9. The minimum atomic E-state index is -0.965. The summed E-state index contributed by atoms with van der Waals surface area (Å²) < 4.78 is 1.68. The Balaban J connectivity index is 1.86. The van der Waals surface area contributed by atoms with E-state index in [-0.39, 0.29) is 5.69 Å². The van der Waals surface area contributed by atoms with Gasteiger partial charge in [0, 0.05) is 12.7 Å². The van der Waals surface area contributed by atoms with Crippen molar-refractivity contribution in [2.75, 3.05) is 19.6 Å². The van der Waals surface area contributed by atoms with E-state index in [4.69, 9.17) is 5.11 Å². The maximum atomic E-state index is 10.5. The topological polar surface area (TPSA) is 58.4 Å². The van der Waals surface area contributed by atoms with Gasteiger partial charge in [-0.3, -0.25) is 4.68 Å². The van der Waals surface area contributed by atoms with Crippen LogP contribution in [0.4, 0.5) is 0 Å². The van der Waals surface area contributed by atoms with E-state index >= 15 is 0 Å². The van der Waals surface area contributed by atoms with Gasteiger partial charge in [0.2, 0.25) is 0 Å².